The van der Waals surface area contributed by atoms with Crippen molar-refractivity contribution in [3.05, 3.63) is 0 Å². The Balaban J connectivity index is 2.09. The molecule has 0 aliphatic carbocycles. The van der Waals surface area contributed by atoms with Gasteiger partial charge in [-0.05, 0) is 38.9 Å². The molecule has 1 heterocycles. The zero-order valence-electron chi connectivity index (χ0n) is 9.37. The summed E-state index contributed by atoms with van der Waals surface area (Å²) in [6.07, 6.45) is 2.88. The lowest BCUT2D eigenvalue weighted by molar-refractivity contribution is -0.122. The molecule has 0 atom stereocenters. The van der Waals surface area contributed by atoms with Crippen LogP contribution >= 0.6 is 0 Å². The number of carbonyl (C=O) groups is 1. The molecule has 1 saturated heterocycles. The van der Waals surface area contributed by atoms with Gasteiger partial charge in [0.25, 0.3) is 0 Å². The first-order chi connectivity index (χ1) is 7.22. The Bertz CT molecular complexity index is 191. The maximum atomic E-state index is 11.4. The number of carbonyl (C=O) groups excluding carboxylic acids is 1. The molecule has 0 aromatic heterocycles. The zero-order valence-corrected chi connectivity index (χ0v) is 9.37. The predicted molar refractivity (Wildman–Crippen MR) is 58.0 cm³/mol. The summed E-state index contributed by atoms with van der Waals surface area (Å²) < 4.78 is 0. The van der Waals surface area contributed by atoms with Gasteiger partial charge in [-0.2, -0.15) is 0 Å². The van der Waals surface area contributed by atoms with Gasteiger partial charge in [0.1, 0.15) is 0 Å². The molecule has 1 amide bonds. The molecule has 1 aliphatic rings. The lowest BCUT2D eigenvalue weighted by atomic mass is 9.93. The van der Waals surface area contributed by atoms with Gasteiger partial charge in [-0.15, -0.1) is 0 Å². The standard InChI is InChI=1S/C10H21N3O2/c1-13-5-2-9(3-6-13)8-10(14)12-4-7-15-11/h9H,2-8,11H2,1H3,(H,12,14). The average Bonchev–Trinajstić information content (AvgIpc) is 2.22. The summed E-state index contributed by atoms with van der Waals surface area (Å²) >= 11 is 0. The Morgan fingerprint density at radius 1 is 1.53 bits per heavy atom. The lowest BCUT2D eigenvalue weighted by Gasteiger charge is -2.28. The summed E-state index contributed by atoms with van der Waals surface area (Å²) in [4.78, 5) is 18.1. The summed E-state index contributed by atoms with van der Waals surface area (Å²) in [5.74, 6) is 5.51. The van der Waals surface area contributed by atoms with Crippen molar-refractivity contribution in [1.29, 1.82) is 0 Å². The van der Waals surface area contributed by atoms with E-state index in [4.69, 9.17) is 5.90 Å². The Labute approximate surface area is 90.9 Å². The number of hydrogen-bond donors (Lipinski definition) is 2. The third-order valence-electron chi connectivity index (χ3n) is 2.85. The topological polar surface area (TPSA) is 67.6 Å². The second kappa shape index (κ2) is 6.76. The van der Waals surface area contributed by atoms with E-state index in [1.54, 1.807) is 0 Å². The molecule has 5 nitrogen and oxygen atoms in total. The molecule has 0 bridgehead atoms. The van der Waals surface area contributed by atoms with E-state index in [0.717, 1.165) is 25.9 Å². The van der Waals surface area contributed by atoms with Crippen LogP contribution < -0.4 is 11.2 Å². The van der Waals surface area contributed by atoms with Crippen LogP contribution in [0.2, 0.25) is 0 Å². The van der Waals surface area contributed by atoms with E-state index in [2.05, 4.69) is 22.1 Å². The van der Waals surface area contributed by atoms with Gasteiger partial charge in [-0.3, -0.25) is 4.79 Å². The molecule has 0 radical (unpaired) electrons. The smallest absolute Gasteiger partial charge is 0.220 e. The zero-order chi connectivity index (χ0) is 11.1. The van der Waals surface area contributed by atoms with Crippen molar-refractivity contribution in [3.63, 3.8) is 0 Å². The van der Waals surface area contributed by atoms with Crippen LogP contribution in [0.25, 0.3) is 0 Å². The molecule has 15 heavy (non-hydrogen) atoms. The molecule has 5 heteroatoms. The monoisotopic (exact) mass is 215 g/mol. The third kappa shape index (κ3) is 5.11. The molecule has 1 rings (SSSR count). The van der Waals surface area contributed by atoms with Gasteiger partial charge < -0.3 is 15.1 Å². The molecule has 0 spiro atoms. The Morgan fingerprint density at radius 2 is 2.20 bits per heavy atom. The van der Waals surface area contributed by atoms with Gasteiger partial charge in [0.15, 0.2) is 0 Å². The van der Waals surface area contributed by atoms with E-state index in [0.29, 0.717) is 25.5 Å². The third-order valence-corrected chi connectivity index (χ3v) is 2.85. The van der Waals surface area contributed by atoms with Crippen LogP contribution in [-0.4, -0.2) is 44.1 Å². The van der Waals surface area contributed by atoms with Crippen molar-refractivity contribution in [1.82, 2.24) is 10.2 Å². The molecular formula is C10H21N3O2. The van der Waals surface area contributed by atoms with E-state index in [9.17, 15) is 4.79 Å². The average molecular weight is 215 g/mol. The lowest BCUT2D eigenvalue weighted by Crippen LogP contribution is -2.34. The number of amides is 1. The van der Waals surface area contributed by atoms with E-state index in [1.807, 2.05) is 0 Å². The van der Waals surface area contributed by atoms with Crippen molar-refractivity contribution >= 4 is 5.91 Å². The highest BCUT2D eigenvalue weighted by molar-refractivity contribution is 5.76. The molecule has 1 fully saturated rings. The quantitative estimate of drug-likeness (QED) is 0.489. The van der Waals surface area contributed by atoms with Crippen LogP contribution in [0.1, 0.15) is 19.3 Å². The number of hydrogen-bond acceptors (Lipinski definition) is 4. The van der Waals surface area contributed by atoms with Gasteiger partial charge in [-0.25, -0.2) is 5.90 Å². The van der Waals surface area contributed by atoms with Crippen LogP contribution in [-0.2, 0) is 9.63 Å². The highest BCUT2D eigenvalue weighted by Gasteiger charge is 2.18. The number of nitrogens with one attached hydrogen (secondary N) is 1. The number of rotatable bonds is 5. The van der Waals surface area contributed by atoms with Crippen molar-refractivity contribution in [2.24, 2.45) is 11.8 Å². The minimum absolute atomic E-state index is 0.113. The largest absolute Gasteiger partial charge is 0.354 e. The molecule has 1 aliphatic heterocycles. The summed E-state index contributed by atoms with van der Waals surface area (Å²) in [7, 11) is 2.12. The van der Waals surface area contributed by atoms with Crippen LogP contribution in [0.3, 0.4) is 0 Å². The van der Waals surface area contributed by atoms with Crippen LogP contribution in [0, 0.1) is 5.92 Å². The fourth-order valence-electron chi connectivity index (χ4n) is 1.85. The number of likely N-dealkylation sites (tertiary alicyclic amines) is 1. The van der Waals surface area contributed by atoms with E-state index >= 15 is 0 Å². The number of nitrogens with two attached hydrogens (primary N) is 1. The summed E-state index contributed by atoms with van der Waals surface area (Å²) in [5, 5.41) is 2.78. The van der Waals surface area contributed by atoms with Gasteiger partial charge in [-0.1, -0.05) is 0 Å². The van der Waals surface area contributed by atoms with Crippen LogP contribution in [0.5, 0.6) is 0 Å². The van der Waals surface area contributed by atoms with Crippen molar-refractivity contribution < 1.29 is 9.63 Å². The van der Waals surface area contributed by atoms with Gasteiger partial charge in [0, 0.05) is 13.0 Å². The molecule has 3 N–H and O–H groups in total. The Kier molecular flexibility index (Phi) is 5.60. The first-order valence-electron chi connectivity index (χ1n) is 5.49. The minimum atomic E-state index is 0.113. The summed E-state index contributed by atoms with van der Waals surface area (Å²) in [6.45, 7) is 3.08. The van der Waals surface area contributed by atoms with Crippen molar-refractivity contribution in [3.8, 4) is 0 Å². The molecule has 0 unspecified atom stereocenters. The van der Waals surface area contributed by atoms with Gasteiger partial charge >= 0.3 is 0 Å². The minimum Gasteiger partial charge on any atom is -0.354 e. The first kappa shape index (κ1) is 12.4. The Hall–Kier alpha value is -0.650. The normalized spacial score (nSPS) is 19.1. The Morgan fingerprint density at radius 3 is 2.80 bits per heavy atom. The fourth-order valence-corrected chi connectivity index (χ4v) is 1.85. The molecule has 0 saturated carbocycles. The maximum absolute atomic E-state index is 11.4. The van der Waals surface area contributed by atoms with E-state index in [-0.39, 0.29) is 5.91 Å². The number of nitrogens with zero attached hydrogens (tertiary/aromatic N) is 1. The summed E-state index contributed by atoms with van der Waals surface area (Å²) in [5.41, 5.74) is 0. The summed E-state index contributed by atoms with van der Waals surface area (Å²) in [6, 6.07) is 0. The highest BCUT2D eigenvalue weighted by Crippen LogP contribution is 2.18. The van der Waals surface area contributed by atoms with E-state index in [1.165, 1.54) is 0 Å². The van der Waals surface area contributed by atoms with E-state index < -0.39 is 0 Å². The first-order valence-corrected chi connectivity index (χ1v) is 5.49. The molecular weight excluding hydrogens is 194 g/mol. The number of piperidine rings is 1. The molecule has 0 aromatic rings. The SMILES string of the molecule is CN1CCC(CC(=O)NCCON)CC1. The highest BCUT2D eigenvalue weighted by atomic mass is 16.6. The second-order valence-electron chi connectivity index (χ2n) is 4.17. The fraction of sp³-hybridized carbons (Fsp3) is 0.900. The predicted octanol–water partition coefficient (Wildman–Crippen LogP) is -0.275. The van der Waals surface area contributed by atoms with Crippen molar-refractivity contribution in [2.75, 3.05) is 33.3 Å². The molecule has 88 valence electrons. The van der Waals surface area contributed by atoms with Crippen LogP contribution in [0.15, 0.2) is 0 Å². The van der Waals surface area contributed by atoms with Gasteiger partial charge in [0.2, 0.25) is 5.91 Å². The van der Waals surface area contributed by atoms with Crippen LogP contribution in [0.4, 0.5) is 0 Å². The van der Waals surface area contributed by atoms with Crippen molar-refractivity contribution in [2.45, 2.75) is 19.3 Å². The second-order valence-corrected chi connectivity index (χ2v) is 4.17. The van der Waals surface area contributed by atoms with Gasteiger partial charge in [0.05, 0.1) is 6.61 Å². The molecule has 0 aromatic carbocycles. The maximum Gasteiger partial charge on any atom is 0.220 e.